The molecule has 0 atom stereocenters. The zero-order chi connectivity index (χ0) is 15.0. The van der Waals surface area contributed by atoms with Crippen molar-refractivity contribution >= 4 is 5.91 Å². The summed E-state index contributed by atoms with van der Waals surface area (Å²) in [5.74, 6) is -0.107. The molecule has 0 bridgehead atoms. The normalized spacial score (nSPS) is 10.8. The first kappa shape index (κ1) is 16.6. The van der Waals surface area contributed by atoms with Crippen LogP contribution >= 0.6 is 0 Å². The van der Waals surface area contributed by atoms with E-state index >= 15 is 0 Å². The minimum Gasteiger partial charge on any atom is -0.346 e. The molecule has 2 N–H and O–H groups in total. The standard InChI is InChI=1S/C15H24FN3O/c1-18(12-13-6-3-4-7-14(13)16)11-8-15(20)19(2)10-5-9-17/h3-4,6-7H,5,8-12,17H2,1-2H3. The van der Waals surface area contributed by atoms with Gasteiger partial charge in [-0.2, -0.15) is 0 Å². The van der Waals surface area contributed by atoms with Gasteiger partial charge in [-0.05, 0) is 26.1 Å². The van der Waals surface area contributed by atoms with Crippen LogP contribution in [0.3, 0.4) is 0 Å². The van der Waals surface area contributed by atoms with E-state index in [2.05, 4.69) is 0 Å². The Balaban J connectivity index is 2.34. The number of halogens is 1. The summed E-state index contributed by atoms with van der Waals surface area (Å²) in [6.07, 6.45) is 1.25. The van der Waals surface area contributed by atoms with Gasteiger partial charge in [0.25, 0.3) is 0 Å². The van der Waals surface area contributed by atoms with Crippen molar-refractivity contribution in [3.8, 4) is 0 Å². The van der Waals surface area contributed by atoms with E-state index in [1.807, 2.05) is 18.0 Å². The van der Waals surface area contributed by atoms with E-state index in [4.69, 9.17) is 5.73 Å². The summed E-state index contributed by atoms with van der Waals surface area (Å²) in [5.41, 5.74) is 6.07. The molecule has 112 valence electrons. The SMILES string of the molecule is CN(CCC(=O)N(C)CCCN)Cc1ccccc1F. The van der Waals surface area contributed by atoms with Crippen molar-refractivity contribution in [1.82, 2.24) is 9.80 Å². The molecule has 0 fully saturated rings. The second-order valence-electron chi connectivity index (χ2n) is 5.04. The maximum atomic E-state index is 13.5. The molecule has 0 aliphatic heterocycles. The molecule has 1 aromatic rings. The number of carbonyl (C=O) groups excluding carboxylic acids is 1. The highest BCUT2D eigenvalue weighted by Crippen LogP contribution is 2.09. The van der Waals surface area contributed by atoms with Gasteiger partial charge in [-0.15, -0.1) is 0 Å². The van der Waals surface area contributed by atoms with Crippen molar-refractivity contribution in [2.45, 2.75) is 19.4 Å². The van der Waals surface area contributed by atoms with E-state index in [0.29, 0.717) is 38.2 Å². The molecule has 1 amide bonds. The lowest BCUT2D eigenvalue weighted by atomic mass is 10.2. The Morgan fingerprint density at radius 1 is 1.25 bits per heavy atom. The predicted molar refractivity (Wildman–Crippen MR) is 78.7 cm³/mol. The Bertz CT molecular complexity index is 425. The Labute approximate surface area is 120 Å². The summed E-state index contributed by atoms with van der Waals surface area (Å²) < 4.78 is 13.5. The molecule has 0 aromatic heterocycles. The molecule has 0 radical (unpaired) electrons. The Morgan fingerprint density at radius 3 is 2.60 bits per heavy atom. The number of hydrogen-bond acceptors (Lipinski definition) is 3. The molecule has 0 heterocycles. The molecule has 0 saturated carbocycles. The average Bonchev–Trinajstić information content (AvgIpc) is 2.44. The molecule has 0 aliphatic carbocycles. The summed E-state index contributed by atoms with van der Waals surface area (Å²) in [6.45, 7) is 2.39. The van der Waals surface area contributed by atoms with Gasteiger partial charge in [-0.1, -0.05) is 18.2 Å². The van der Waals surface area contributed by atoms with E-state index < -0.39 is 0 Å². The fraction of sp³-hybridized carbons (Fsp3) is 0.533. The maximum Gasteiger partial charge on any atom is 0.223 e. The predicted octanol–water partition coefficient (Wildman–Crippen LogP) is 1.45. The quantitative estimate of drug-likeness (QED) is 0.785. The third kappa shape index (κ3) is 5.67. The van der Waals surface area contributed by atoms with Crippen LogP contribution in [-0.4, -0.2) is 49.4 Å². The fourth-order valence-electron chi connectivity index (χ4n) is 1.93. The highest BCUT2D eigenvalue weighted by atomic mass is 19.1. The molecular weight excluding hydrogens is 257 g/mol. The summed E-state index contributed by atoms with van der Waals surface area (Å²) >= 11 is 0. The van der Waals surface area contributed by atoms with E-state index in [1.54, 1.807) is 24.1 Å². The topological polar surface area (TPSA) is 49.6 Å². The number of benzene rings is 1. The van der Waals surface area contributed by atoms with Crippen LogP contribution in [0.2, 0.25) is 0 Å². The summed E-state index contributed by atoms with van der Waals surface area (Å²) in [4.78, 5) is 15.5. The minimum atomic E-state index is -0.203. The van der Waals surface area contributed by atoms with Gasteiger partial charge in [0.05, 0.1) is 0 Å². The number of nitrogens with zero attached hydrogens (tertiary/aromatic N) is 2. The fourth-order valence-corrected chi connectivity index (χ4v) is 1.93. The molecule has 5 heteroatoms. The first-order chi connectivity index (χ1) is 9.54. The zero-order valence-corrected chi connectivity index (χ0v) is 12.3. The molecule has 20 heavy (non-hydrogen) atoms. The van der Waals surface area contributed by atoms with Gasteiger partial charge >= 0.3 is 0 Å². The highest BCUT2D eigenvalue weighted by Gasteiger charge is 2.10. The number of nitrogens with two attached hydrogens (primary N) is 1. The molecule has 0 saturated heterocycles. The number of rotatable bonds is 8. The Kier molecular flexibility index (Phi) is 7.18. The Hall–Kier alpha value is -1.46. The van der Waals surface area contributed by atoms with Crippen molar-refractivity contribution in [2.75, 3.05) is 33.7 Å². The van der Waals surface area contributed by atoms with E-state index in [9.17, 15) is 9.18 Å². The smallest absolute Gasteiger partial charge is 0.223 e. The van der Waals surface area contributed by atoms with Gasteiger partial charge in [0.1, 0.15) is 5.82 Å². The molecule has 1 rings (SSSR count). The van der Waals surface area contributed by atoms with E-state index in [1.165, 1.54) is 6.07 Å². The van der Waals surface area contributed by atoms with Gasteiger partial charge in [0.15, 0.2) is 0 Å². The lowest BCUT2D eigenvalue weighted by molar-refractivity contribution is -0.130. The highest BCUT2D eigenvalue weighted by molar-refractivity contribution is 5.76. The number of hydrogen-bond donors (Lipinski definition) is 1. The second-order valence-corrected chi connectivity index (χ2v) is 5.04. The molecule has 0 spiro atoms. The monoisotopic (exact) mass is 281 g/mol. The Morgan fingerprint density at radius 2 is 1.95 bits per heavy atom. The van der Waals surface area contributed by atoms with Crippen molar-refractivity contribution in [3.05, 3.63) is 35.6 Å². The molecule has 4 nitrogen and oxygen atoms in total. The van der Waals surface area contributed by atoms with Gasteiger partial charge in [0.2, 0.25) is 5.91 Å². The number of carbonyl (C=O) groups is 1. The van der Waals surface area contributed by atoms with Gasteiger partial charge in [-0.3, -0.25) is 4.79 Å². The van der Waals surface area contributed by atoms with Crippen molar-refractivity contribution in [1.29, 1.82) is 0 Å². The lowest BCUT2D eigenvalue weighted by Crippen LogP contribution is -2.32. The number of amides is 1. The van der Waals surface area contributed by atoms with Crippen LogP contribution in [0.25, 0.3) is 0 Å². The van der Waals surface area contributed by atoms with Crippen LogP contribution in [0.1, 0.15) is 18.4 Å². The molecule has 0 unspecified atom stereocenters. The van der Waals surface area contributed by atoms with Crippen LogP contribution in [0.4, 0.5) is 4.39 Å². The zero-order valence-electron chi connectivity index (χ0n) is 12.3. The summed E-state index contributed by atoms with van der Waals surface area (Å²) in [6, 6.07) is 6.71. The van der Waals surface area contributed by atoms with Crippen LogP contribution in [-0.2, 0) is 11.3 Å². The second kappa shape index (κ2) is 8.66. The third-order valence-corrected chi connectivity index (χ3v) is 3.23. The van der Waals surface area contributed by atoms with Gasteiger partial charge in [-0.25, -0.2) is 4.39 Å². The van der Waals surface area contributed by atoms with Crippen molar-refractivity contribution < 1.29 is 9.18 Å². The molecule has 0 aliphatic rings. The third-order valence-electron chi connectivity index (χ3n) is 3.23. The lowest BCUT2D eigenvalue weighted by Gasteiger charge is -2.20. The summed E-state index contributed by atoms with van der Waals surface area (Å²) in [5, 5.41) is 0. The van der Waals surface area contributed by atoms with E-state index in [0.717, 1.165) is 6.42 Å². The largest absolute Gasteiger partial charge is 0.346 e. The molecular formula is C15H24FN3O. The van der Waals surface area contributed by atoms with E-state index in [-0.39, 0.29) is 11.7 Å². The average molecular weight is 281 g/mol. The van der Waals surface area contributed by atoms with Gasteiger partial charge in [0, 0.05) is 38.7 Å². The maximum absolute atomic E-state index is 13.5. The molecule has 1 aromatic carbocycles. The van der Waals surface area contributed by atoms with Crippen LogP contribution in [0, 0.1) is 5.82 Å². The summed E-state index contributed by atoms with van der Waals surface area (Å²) in [7, 11) is 3.68. The van der Waals surface area contributed by atoms with Crippen LogP contribution < -0.4 is 5.73 Å². The minimum absolute atomic E-state index is 0.0961. The first-order valence-corrected chi connectivity index (χ1v) is 6.90. The first-order valence-electron chi connectivity index (χ1n) is 6.90. The van der Waals surface area contributed by atoms with Crippen LogP contribution in [0.15, 0.2) is 24.3 Å². The van der Waals surface area contributed by atoms with Gasteiger partial charge < -0.3 is 15.5 Å². The van der Waals surface area contributed by atoms with Crippen molar-refractivity contribution in [3.63, 3.8) is 0 Å². The van der Waals surface area contributed by atoms with Crippen LogP contribution in [0.5, 0.6) is 0 Å². The van der Waals surface area contributed by atoms with Crippen molar-refractivity contribution in [2.24, 2.45) is 5.73 Å².